The Morgan fingerprint density at radius 3 is 2.18 bits per heavy atom. The van der Waals surface area contributed by atoms with E-state index in [0.717, 1.165) is 31.3 Å². The molecule has 2 aromatic heterocycles. The van der Waals surface area contributed by atoms with Crippen molar-refractivity contribution in [3.63, 3.8) is 0 Å². The van der Waals surface area contributed by atoms with Gasteiger partial charge in [0.15, 0.2) is 0 Å². The molecule has 0 amide bonds. The summed E-state index contributed by atoms with van der Waals surface area (Å²) in [7, 11) is 0. The Hall–Kier alpha value is -4.05. The van der Waals surface area contributed by atoms with E-state index in [0.29, 0.717) is 11.1 Å². The van der Waals surface area contributed by atoms with Gasteiger partial charge in [-0.25, -0.2) is 0 Å². The summed E-state index contributed by atoms with van der Waals surface area (Å²) in [6, 6.07) is 31.5. The first-order valence-electron chi connectivity index (χ1n) is 10.9. The number of ketones is 2. The number of carbonyl (C=O) groups is 2. The van der Waals surface area contributed by atoms with Crippen LogP contribution in [0.1, 0.15) is 25.2 Å². The fourth-order valence-corrected chi connectivity index (χ4v) is 6.37. The van der Waals surface area contributed by atoms with Crippen LogP contribution in [0, 0.1) is 0 Å². The molecule has 0 spiro atoms. The predicted molar refractivity (Wildman–Crippen MR) is 136 cm³/mol. The third-order valence-corrected chi connectivity index (χ3v) is 8.05. The summed E-state index contributed by atoms with van der Waals surface area (Å²) in [5.41, 5.74) is 2.28. The van der Waals surface area contributed by atoms with Gasteiger partial charge in [-0.2, -0.15) is 0 Å². The third-order valence-electron chi connectivity index (χ3n) is 5.91. The van der Waals surface area contributed by atoms with E-state index >= 15 is 0 Å². The number of allylic oxidation sites excluding steroid dienone is 1. The average molecular weight is 505 g/mol. The molecule has 5 heteroatoms. The normalized spacial score (nSPS) is 12.8. The van der Waals surface area contributed by atoms with Crippen molar-refractivity contribution in [1.29, 1.82) is 0 Å². The van der Waals surface area contributed by atoms with Gasteiger partial charge in [0.05, 0.1) is 0 Å². The van der Waals surface area contributed by atoms with Crippen molar-refractivity contribution in [2.45, 2.75) is 0 Å². The van der Waals surface area contributed by atoms with E-state index in [9.17, 15) is 9.59 Å². The molecule has 0 radical (unpaired) electrons. The zero-order chi connectivity index (χ0) is 23.1. The van der Waals surface area contributed by atoms with Crippen LogP contribution in [0.15, 0.2) is 109 Å². The van der Waals surface area contributed by atoms with Gasteiger partial charge >= 0.3 is 203 Å². The van der Waals surface area contributed by atoms with Crippen molar-refractivity contribution < 1.29 is 9.59 Å². The molecule has 0 aliphatic heterocycles. The molecule has 0 saturated carbocycles. The van der Waals surface area contributed by atoms with Crippen molar-refractivity contribution in [2.75, 3.05) is 4.90 Å². The quantitative estimate of drug-likeness (QED) is 0.165. The molecule has 3 aromatic carbocycles. The Morgan fingerprint density at radius 1 is 0.706 bits per heavy atom. The van der Waals surface area contributed by atoms with Gasteiger partial charge in [-0.1, -0.05) is 0 Å². The topological polar surface area (TPSA) is 50.3 Å². The summed E-state index contributed by atoms with van der Waals surface area (Å²) in [5.74, 6) is 0.442. The van der Waals surface area contributed by atoms with E-state index < -0.39 is 0 Å². The SMILES string of the molecule is O=C1C(=Cc2ccc(N(c3ccccn3)c3cccc4ccccc34)[se]2)C(=O)c2ccccc21. The minimum absolute atomic E-state index is 0.114. The number of Topliss-reactive ketones (excluding diaryl/α,β-unsaturated/α-hetero) is 2. The minimum atomic E-state index is -0.193. The molecule has 0 fully saturated rings. The molecule has 0 saturated heterocycles. The fourth-order valence-electron chi connectivity index (χ4n) is 4.33. The molecule has 1 aliphatic rings. The molecule has 2 heterocycles. The number of carbonyl (C=O) groups excluding carboxylic acids is 2. The van der Waals surface area contributed by atoms with E-state index in [4.69, 9.17) is 0 Å². The fraction of sp³-hybridized carbons (Fsp3) is 0. The Morgan fingerprint density at radius 2 is 1.41 bits per heavy atom. The standard InChI is InChI=1S/C29H18N2O2Se/c32-28-22-11-3-4-12-23(22)29(33)24(28)18-20-15-16-27(34-20)31(26-14-5-6-17-30-26)25-13-7-9-19-8-1-2-10-21(19)25/h1-18H. The summed E-state index contributed by atoms with van der Waals surface area (Å²) in [5, 5.41) is 2.29. The summed E-state index contributed by atoms with van der Waals surface area (Å²) in [4.78, 5) is 32.5. The number of nitrogens with zero attached hydrogens (tertiary/aromatic N) is 2. The number of aromatic nitrogens is 1. The molecular formula is C29H18N2O2Se. The number of fused-ring (bicyclic) bond motifs is 2. The predicted octanol–water partition coefficient (Wildman–Crippen LogP) is 6.22. The van der Waals surface area contributed by atoms with Crippen LogP contribution in [0.3, 0.4) is 0 Å². The van der Waals surface area contributed by atoms with Gasteiger partial charge in [-0.3, -0.25) is 0 Å². The van der Waals surface area contributed by atoms with Crippen molar-refractivity contribution >= 4 is 59.0 Å². The molecule has 4 nitrogen and oxygen atoms in total. The molecule has 0 unspecified atom stereocenters. The molecule has 0 N–H and O–H groups in total. The Labute approximate surface area is 202 Å². The van der Waals surface area contributed by atoms with E-state index in [-0.39, 0.29) is 31.6 Å². The van der Waals surface area contributed by atoms with Crippen LogP contribution in [0.25, 0.3) is 16.8 Å². The number of hydrogen-bond donors (Lipinski definition) is 0. The van der Waals surface area contributed by atoms with E-state index in [2.05, 4.69) is 46.3 Å². The maximum absolute atomic E-state index is 12.9. The Kier molecular flexibility index (Phi) is 5.06. The molecule has 1 aliphatic carbocycles. The second-order valence-corrected chi connectivity index (χ2v) is 10.3. The molecular weight excluding hydrogens is 487 g/mol. The number of rotatable bonds is 4. The van der Waals surface area contributed by atoms with Gasteiger partial charge < -0.3 is 0 Å². The van der Waals surface area contributed by atoms with Crippen LogP contribution in [0.2, 0.25) is 0 Å². The number of anilines is 3. The van der Waals surface area contributed by atoms with Crippen LogP contribution in [0.4, 0.5) is 16.1 Å². The Balaban J connectivity index is 1.46. The number of benzene rings is 3. The van der Waals surface area contributed by atoms with Gasteiger partial charge in [0.25, 0.3) is 0 Å². The van der Waals surface area contributed by atoms with Crippen LogP contribution in [-0.4, -0.2) is 31.1 Å². The summed E-state index contributed by atoms with van der Waals surface area (Å²) >= 11 is -0.114. The van der Waals surface area contributed by atoms with E-state index in [1.165, 1.54) is 0 Å². The van der Waals surface area contributed by atoms with Gasteiger partial charge in [0.2, 0.25) is 0 Å². The number of hydrogen-bond acceptors (Lipinski definition) is 4. The van der Waals surface area contributed by atoms with Crippen molar-refractivity contribution in [2.24, 2.45) is 0 Å². The Bertz CT molecular complexity index is 1560. The maximum atomic E-state index is 12.9. The van der Waals surface area contributed by atoms with E-state index in [1.54, 1.807) is 36.5 Å². The van der Waals surface area contributed by atoms with Gasteiger partial charge in [0, 0.05) is 0 Å². The van der Waals surface area contributed by atoms with Crippen LogP contribution < -0.4 is 4.90 Å². The van der Waals surface area contributed by atoms with Crippen molar-refractivity contribution in [1.82, 2.24) is 4.98 Å². The summed E-state index contributed by atoms with van der Waals surface area (Å²) in [6.45, 7) is 0. The molecule has 162 valence electrons. The molecule has 0 bridgehead atoms. The van der Waals surface area contributed by atoms with Gasteiger partial charge in [-0.15, -0.1) is 0 Å². The monoisotopic (exact) mass is 506 g/mol. The van der Waals surface area contributed by atoms with Crippen LogP contribution >= 0.6 is 0 Å². The average Bonchev–Trinajstić information content (AvgIpc) is 3.44. The van der Waals surface area contributed by atoms with Crippen LogP contribution in [0.5, 0.6) is 0 Å². The second kappa shape index (κ2) is 8.38. The van der Waals surface area contributed by atoms with Gasteiger partial charge in [0.1, 0.15) is 0 Å². The first-order valence-corrected chi connectivity index (χ1v) is 12.6. The molecule has 5 aromatic rings. The molecule has 6 rings (SSSR count). The van der Waals surface area contributed by atoms with E-state index in [1.807, 2.05) is 36.4 Å². The zero-order valence-electron chi connectivity index (χ0n) is 18.0. The zero-order valence-corrected chi connectivity index (χ0v) is 19.7. The van der Waals surface area contributed by atoms with Crippen molar-refractivity contribution in [3.8, 4) is 0 Å². The summed E-state index contributed by atoms with van der Waals surface area (Å²) in [6.07, 6.45) is 3.56. The molecule has 34 heavy (non-hydrogen) atoms. The number of pyridine rings is 1. The first-order chi connectivity index (χ1) is 16.7. The second-order valence-electron chi connectivity index (χ2n) is 7.96. The van der Waals surface area contributed by atoms with Gasteiger partial charge in [-0.05, 0) is 0 Å². The van der Waals surface area contributed by atoms with Crippen LogP contribution in [-0.2, 0) is 0 Å². The summed E-state index contributed by atoms with van der Waals surface area (Å²) < 4.78 is 2.07. The van der Waals surface area contributed by atoms with Crippen molar-refractivity contribution in [3.05, 3.63) is 124 Å². The molecule has 0 atom stereocenters. The first kappa shape index (κ1) is 20.5. The third kappa shape index (κ3) is 3.43.